The van der Waals surface area contributed by atoms with Crippen molar-refractivity contribution < 1.29 is 10.1 Å². The molecule has 0 aliphatic rings. The van der Waals surface area contributed by atoms with Crippen LogP contribution in [0.3, 0.4) is 0 Å². The second-order valence-electron chi connectivity index (χ2n) is 7.44. The molecule has 0 bridgehead atoms. The van der Waals surface area contributed by atoms with E-state index < -0.39 is 0 Å². The van der Waals surface area contributed by atoms with Gasteiger partial charge in [-0.3, -0.25) is 4.79 Å². The summed E-state index contributed by atoms with van der Waals surface area (Å²) in [6, 6.07) is 6.31. The molecule has 0 aliphatic carbocycles. The molecule has 0 saturated carbocycles. The van der Waals surface area contributed by atoms with Crippen LogP contribution in [0.2, 0.25) is 0 Å². The molecule has 0 fully saturated rings. The number of carbonyl (C=O) groups is 1. The average Bonchev–Trinajstić information content (AvgIpc) is 2.35. The van der Waals surface area contributed by atoms with Gasteiger partial charge in [0.05, 0.1) is 5.54 Å². The highest BCUT2D eigenvalue weighted by Crippen LogP contribution is 2.32. The van der Waals surface area contributed by atoms with Crippen molar-refractivity contribution in [2.75, 3.05) is 11.9 Å². The summed E-state index contributed by atoms with van der Waals surface area (Å²) in [4.78, 5) is 12.3. The predicted octanol–water partition coefficient (Wildman–Crippen LogP) is 3.23. The van der Waals surface area contributed by atoms with Gasteiger partial charge in [-0.25, -0.2) is 0 Å². The highest BCUT2D eigenvalue weighted by Gasteiger charge is 2.19. The fourth-order valence-corrected chi connectivity index (χ4v) is 2.28. The second-order valence-corrected chi connectivity index (χ2v) is 7.44. The topological polar surface area (TPSA) is 45.7 Å². The SMILES string of the molecule is CC(C)c1cccc(C(C)C)c1NC(=O)C[NH2+]C(C)(C)C. The first-order chi connectivity index (χ1) is 9.61. The minimum absolute atomic E-state index is 0.0653. The van der Waals surface area contributed by atoms with Crippen molar-refractivity contribution >= 4 is 11.6 Å². The van der Waals surface area contributed by atoms with E-state index in [-0.39, 0.29) is 11.4 Å². The van der Waals surface area contributed by atoms with Gasteiger partial charge in [-0.2, -0.15) is 0 Å². The number of benzene rings is 1. The Labute approximate surface area is 129 Å². The molecule has 3 nitrogen and oxygen atoms in total. The van der Waals surface area contributed by atoms with Crippen molar-refractivity contribution in [3.8, 4) is 0 Å². The zero-order valence-corrected chi connectivity index (χ0v) is 14.6. The highest BCUT2D eigenvalue weighted by molar-refractivity contribution is 5.93. The molecular weight excluding hydrogens is 260 g/mol. The van der Waals surface area contributed by atoms with E-state index in [2.05, 4.69) is 77.3 Å². The molecule has 3 heteroatoms. The summed E-state index contributed by atoms with van der Waals surface area (Å²) in [5.74, 6) is 0.858. The lowest BCUT2D eigenvalue weighted by Crippen LogP contribution is -2.95. The number of nitrogens with one attached hydrogen (secondary N) is 1. The molecule has 0 aliphatic heterocycles. The zero-order valence-electron chi connectivity index (χ0n) is 14.6. The number of rotatable bonds is 5. The molecule has 0 unspecified atom stereocenters. The van der Waals surface area contributed by atoms with Crippen LogP contribution in [0.4, 0.5) is 5.69 Å². The molecule has 1 amide bonds. The summed E-state index contributed by atoms with van der Waals surface area (Å²) in [5, 5.41) is 5.21. The van der Waals surface area contributed by atoms with E-state index in [0.29, 0.717) is 18.4 Å². The number of hydrogen-bond donors (Lipinski definition) is 2. The van der Waals surface area contributed by atoms with E-state index in [1.165, 1.54) is 11.1 Å². The molecular formula is C18H31N2O+. The van der Waals surface area contributed by atoms with Gasteiger partial charge < -0.3 is 10.6 Å². The maximum atomic E-state index is 12.3. The number of para-hydroxylation sites is 1. The van der Waals surface area contributed by atoms with Crippen molar-refractivity contribution in [1.82, 2.24) is 0 Å². The first-order valence-electron chi connectivity index (χ1n) is 7.89. The van der Waals surface area contributed by atoms with Gasteiger partial charge in [0.1, 0.15) is 0 Å². The van der Waals surface area contributed by atoms with Crippen molar-refractivity contribution in [3.63, 3.8) is 0 Å². The van der Waals surface area contributed by atoms with Gasteiger partial charge >= 0.3 is 0 Å². The summed E-state index contributed by atoms with van der Waals surface area (Å²) in [5.41, 5.74) is 3.50. The van der Waals surface area contributed by atoms with Crippen molar-refractivity contribution in [3.05, 3.63) is 29.3 Å². The number of amides is 1. The van der Waals surface area contributed by atoms with Crippen LogP contribution >= 0.6 is 0 Å². The lowest BCUT2D eigenvalue weighted by molar-refractivity contribution is -0.707. The number of quaternary nitrogens is 1. The first-order valence-corrected chi connectivity index (χ1v) is 7.89. The summed E-state index contributed by atoms with van der Waals surface area (Å²) < 4.78 is 0. The Hall–Kier alpha value is -1.35. The Morgan fingerprint density at radius 3 is 1.95 bits per heavy atom. The van der Waals surface area contributed by atoms with Crippen LogP contribution in [0, 0.1) is 0 Å². The van der Waals surface area contributed by atoms with Crippen LogP contribution in [0.25, 0.3) is 0 Å². The van der Waals surface area contributed by atoms with Crippen molar-refractivity contribution in [1.29, 1.82) is 0 Å². The van der Waals surface area contributed by atoms with E-state index in [4.69, 9.17) is 0 Å². The normalized spacial score (nSPS) is 12.0. The number of anilines is 1. The Morgan fingerprint density at radius 2 is 1.57 bits per heavy atom. The molecule has 21 heavy (non-hydrogen) atoms. The van der Waals surface area contributed by atoms with Gasteiger partial charge in [0.25, 0.3) is 5.91 Å². The van der Waals surface area contributed by atoms with E-state index in [9.17, 15) is 4.79 Å². The third-order valence-electron chi connectivity index (χ3n) is 3.54. The fraction of sp³-hybridized carbons (Fsp3) is 0.611. The van der Waals surface area contributed by atoms with Gasteiger partial charge in [-0.15, -0.1) is 0 Å². The molecule has 0 atom stereocenters. The second kappa shape index (κ2) is 7.08. The molecule has 1 rings (SSSR count). The lowest BCUT2D eigenvalue weighted by atomic mass is 9.92. The van der Waals surface area contributed by atoms with Gasteiger partial charge in [0.2, 0.25) is 0 Å². The minimum atomic E-state index is 0.0653. The van der Waals surface area contributed by atoms with Gasteiger partial charge in [0.15, 0.2) is 6.54 Å². The average molecular weight is 291 g/mol. The summed E-state index contributed by atoms with van der Waals surface area (Å²) in [6.45, 7) is 15.4. The van der Waals surface area contributed by atoms with Crippen LogP contribution in [0.1, 0.15) is 71.4 Å². The largest absolute Gasteiger partial charge is 0.334 e. The van der Waals surface area contributed by atoms with Crippen LogP contribution in [-0.2, 0) is 4.79 Å². The molecule has 0 aromatic heterocycles. The number of nitrogens with two attached hydrogens (primary N) is 1. The Balaban J connectivity index is 2.97. The number of hydrogen-bond acceptors (Lipinski definition) is 1. The summed E-state index contributed by atoms with van der Waals surface area (Å²) >= 11 is 0. The molecule has 0 heterocycles. The first kappa shape index (κ1) is 17.7. The van der Waals surface area contributed by atoms with E-state index in [1.807, 2.05) is 0 Å². The van der Waals surface area contributed by atoms with Gasteiger partial charge in [-0.1, -0.05) is 45.9 Å². The Bertz CT molecular complexity index is 458. The molecule has 0 radical (unpaired) electrons. The highest BCUT2D eigenvalue weighted by atomic mass is 16.1. The minimum Gasteiger partial charge on any atom is -0.334 e. The van der Waals surface area contributed by atoms with Gasteiger partial charge in [-0.05, 0) is 43.7 Å². The van der Waals surface area contributed by atoms with E-state index in [1.54, 1.807) is 0 Å². The summed E-state index contributed by atoms with van der Waals surface area (Å²) in [7, 11) is 0. The zero-order chi connectivity index (χ0) is 16.2. The molecule has 118 valence electrons. The summed E-state index contributed by atoms with van der Waals surface area (Å²) in [6.07, 6.45) is 0. The Kier molecular flexibility index (Phi) is 5.97. The monoisotopic (exact) mass is 291 g/mol. The molecule has 3 N–H and O–H groups in total. The lowest BCUT2D eigenvalue weighted by Gasteiger charge is -2.21. The maximum Gasteiger partial charge on any atom is 0.279 e. The van der Waals surface area contributed by atoms with Crippen molar-refractivity contribution in [2.45, 2.75) is 65.8 Å². The van der Waals surface area contributed by atoms with Crippen molar-refractivity contribution in [2.24, 2.45) is 0 Å². The predicted molar refractivity (Wildman–Crippen MR) is 89.8 cm³/mol. The standard InChI is InChI=1S/C18H30N2O/c1-12(2)14-9-8-10-15(13(3)4)17(14)20-16(21)11-19-18(5,6)7/h8-10,12-13,19H,11H2,1-7H3,(H,20,21)/p+1. The van der Waals surface area contributed by atoms with E-state index in [0.717, 1.165) is 5.69 Å². The third-order valence-corrected chi connectivity index (χ3v) is 3.54. The van der Waals surface area contributed by atoms with E-state index >= 15 is 0 Å². The fourth-order valence-electron chi connectivity index (χ4n) is 2.28. The molecule has 0 saturated heterocycles. The molecule has 1 aromatic rings. The maximum absolute atomic E-state index is 12.3. The van der Waals surface area contributed by atoms with Crippen LogP contribution in [0.5, 0.6) is 0 Å². The third kappa shape index (κ3) is 5.50. The smallest absolute Gasteiger partial charge is 0.279 e. The van der Waals surface area contributed by atoms with Crippen LogP contribution in [-0.4, -0.2) is 18.0 Å². The number of carbonyl (C=O) groups excluding carboxylic acids is 1. The Morgan fingerprint density at radius 1 is 1.10 bits per heavy atom. The van der Waals surface area contributed by atoms with Crippen LogP contribution < -0.4 is 10.6 Å². The van der Waals surface area contributed by atoms with Gasteiger partial charge in [0, 0.05) is 5.69 Å². The quantitative estimate of drug-likeness (QED) is 0.859. The molecule has 0 spiro atoms. The molecule has 1 aromatic carbocycles. The van der Waals surface area contributed by atoms with Crippen LogP contribution in [0.15, 0.2) is 18.2 Å².